The van der Waals surface area contributed by atoms with Gasteiger partial charge < -0.3 is 20.9 Å². The van der Waals surface area contributed by atoms with Crippen LogP contribution in [0.25, 0.3) is 0 Å². The number of hydrogen-bond acceptors (Lipinski definition) is 4. The van der Waals surface area contributed by atoms with Gasteiger partial charge >= 0.3 is 0 Å². The Labute approximate surface area is 123 Å². The second kappa shape index (κ2) is 6.76. The van der Waals surface area contributed by atoms with Crippen LogP contribution in [0.1, 0.15) is 21.5 Å². The molecule has 0 atom stereocenters. The number of amides is 1. The molecule has 0 radical (unpaired) electrons. The smallest absolute Gasteiger partial charge is 0.251 e. The van der Waals surface area contributed by atoms with E-state index in [-0.39, 0.29) is 12.5 Å². The van der Waals surface area contributed by atoms with Crippen molar-refractivity contribution in [2.75, 3.05) is 12.8 Å². The second-order valence-electron chi connectivity index (χ2n) is 4.65. The molecule has 0 unspecified atom stereocenters. The van der Waals surface area contributed by atoms with E-state index in [4.69, 9.17) is 15.6 Å². The average Bonchev–Trinajstić information content (AvgIpc) is 2.52. The summed E-state index contributed by atoms with van der Waals surface area (Å²) in [4.78, 5) is 12.1. The lowest BCUT2D eigenvalue weighted by Crippen LogP contribution is -2.22. The van der Waals surface area contributed by atoms with Crippen molar-refractivity contribution in [1.29, 1.82) is 0 Å². The van der Waals surface area contributed by atoms with E-state index in [1.807, 2.05) is 24.3 Å². The van der Waals surface area contributed by atoms with Gasteiger partial charge in [-0.25, -0.2) is 0 Å². The van der Waals surface area contributed by atoms with E-state index in [2.05, 4.69) is 5.32 Å². The summed E-state index contributed by atoms with van der Waals surface area (Å²) in [6, 6.07) is 12.3. The number of aliphatic hydroxyl groups excluding tert-OH is 1. The molecule has 4 N–H and O–H groups in total. The van der Waals surface area contributed by atoms with Crippen LogP contribution in [0.15, 0.2) is 42.5 Å². The SMILES string of the molecule is COc1cc(N)cc(C(=O)NCc2ccc(CO)cc2)c1. The molecule has 0 heterocycles. The van der Waals surface area contributed by atoms with Gasteiger partial charge in [-0.3, -0.25) is 4.79 Å². The van der Waals surface area contributed by atoms with E-state index in [1.165, 1.54) is 7.11 Å². The Hall–Kier alpha value is -2.53. The molecule has 2 aromatic rings. The Morgan fingerprint density at radius 1 is 1.19 bits per heavy atom. The number of nitrogens with one attached hydrogen (secondary N) is 1. The molecule has 0 aliphatic heterocycles. The number of anilines is 1. The van der Waals surface area contributed by atoms with E-state index in [9.17, 15) is 4.79 Å². The zero-order chi connectivity index (χ0) is 15.2. The maximum Gasteiger partial charge on any atom is 0.251 e. The van der Waals surface area contributed by atoms with Crippen molar-refractivity contribution in [3.8, 4) is 5.75 Å². The first-order valence-electron chi connectivity index (χ1n) is 6.54. The van der Waals surface area contributed by atoms with Crippen LogP contribution in [0.2, 0.25) is 0 Å². The Kier molecular flexibility index (Phi) is 4.79. The fraction of sp³-hybridized carbons (Fsp3) is 0.188. The third-order valence-electron chi connectivity index (χ3n) is 3.09. The molecule has 2 rings (SSSR count). The molecule has 21 heavy (non-hydrogen) atoms. The van der Waals surface area contributed by atoms with Crippen molar-refractivity contribution in [2.45, 2.75) is 13.2 Å². The van der Waals surface area contributed by atoms with Crippen LogP contribution in [-0.4, -0.2) is 18.1 Å². The number of methoxy groups -OCH3 is 1. The summed E-state index contributed by atoms with van der Waals surface area (Å²) in [5.74, 6) is 0.333. The minimum atomic E-state index is -0.216. The summed E-state index contributed by atoms with van der Waals surface area (Å²) in [6.45, 7) is 0.414. The van der Waals surface area contributed by atoms with Crippen LogP contribution in [0.4, 0.5) is 5.69 Å². The first-order chi connectivity index (χ1) is 10.1. The van der Waals surface area contributed by atoms with Crippen LogP contribution in [0, 0.1) is 0 Å². The van der Waals surface area contributed by atoms with Gasteiger partial charge in [-0.05, 0) is 23.3 Å². The van der Waals surface area contributed by atoms with Crippen molar-refractivity contribution in [2.24, 2.45) is 0 Å². The molecule has 0 aromatic heterocycles. The van der Waals surface area contributed by atoms with E-state index in [0.717, 1.165) is 11.1 Å². The highest BCUT2D eigenvalue weighted by Gasteiger charge is 2.08. The number of rotatable bonds is 5. The van der Waals surface area contributed by atoms with Gasteiger partial charge in [0.1, 0.15) is 5.75 Å². The van der Waals surface area contributed by atoms with Gasteiger partial charge in [-0.1, -0.05) is 24.3 Å². The van der Waals surface area contributed by atoms with Crippen molar-refractivity contribution in [1.82, 2.24) is 5.32 Å². The first kappa shape index (κ1) is 14.9. The van der Waals surface area contributed by atoms with Crippen LogP contribution >= 0.6 is 0 Å². The molecule has 5 nitrogen and oxygen atoms in total. The highest BCUT2D eigenvalue weighted by molar-refractivity contribution is 5.95. The van der Waals surface area contributed by atoms with E-state index < -0.39 is 0 Å². The molecule has 2 aromatic carbocycles. The second-order valence-corrected chi connectivity index (χ2v) is 4.65. The minimum absolute atomic E-state index is 0.00965. The zero-order valence-electron chi connectivity index (χ0n) is 11.8. The monoisotopic (exact) mass is 286 g/mol. The number of nitrogens with two attached hydrogens (primary N) is 1. The zero-order valence-corrected chi connectivity index (χ0v) is 11.8. The molecule has 1 amide bonds. The number of ether oxygens (including phenoxy) is 1. The van der Waals surface area contributed by atoms with Gasteiger partial charge in [0, 0.05) is 23.9 Å². The van der Waals surface area contributed by atoms with Gasteiger partial charge in [0.25, 0.3) is 5.91 Å². The largest absolute Gasteiger partial charge is 0.497 e. The third-order valence-corrected chi connectivity index (χ3v) is 3.09. The quantitative estimate of drug-likeness (QED) is 0.730. The summed E-state index contributed by atoms with van der Waals surface area (Å²) in [5, 5.41) is 11.8. The maximum absolute atomic E-state index is 12.1. The fourth-order valence-electron chi connectivity index (χ4n) is 1.92. The number of hydrogen-bond donors (Lipinski definition) is 3. The van der Waals surface area contributed by atoms with Gasteiger partial charge in [-0.2, -0.15) is 0 Å². The van der Waals surface area contributed by atoms with Gasteiger partial charge in [-0.15, -0.1) is 0 Å². The molecule has 0 bridgehead atoms. The average molecular weight is 286 g/mol. The van der Waals surface area contributed by atoms with E-state index in [1.54, 1.807) is 18.2 Å². The van der Waals surface area contributed by atoms with Crippen molar-refractivity contribution in [3.63, 3.8) is 0 Å². The Morgan fingerprint density at radius 3 is 2.48 bits per heavy atom. The molecule has 110 valence electrons. The summed E-state index contributed by atoms with van der Waals surface area (Å²) >= 11 is 0. The molecule has 0 saturated heterocycles. The normalized spacial score (nSPS) is 10.2. The summed E-state index contributed by atoms with van der Waals surface area (Å²) in [5.41, 5.74) is 8.46. The summed E-state index contributed by atoms with van der Waals surface area (Å²) in [7, 11) is 1.53. The van der Waals surface area contributed by atoms with Crippen LogP contribution < -0.4 is 15.8 Å². The molecule has 0 fully saturated rings. The third kappa shape index (κ3) is 3.97. The molecule has 0 aliphatic rings. The number of carbonyl (C=O) groups is 1. The lowest BCUT2D eigenvalue weighted by atomic mass is 10.1. The van der Waals surface area contributed by atoms with Gasteiger partial charge in [0.05, 0.1) is 13.7 Å². The summed E-state index contributed by atoms with van der Waals surface area (Å²) in [6.07, 6.45) is 0. The van der Waals surface area contributed by atoms with Gasteiger partial charge in [0.15, 0.2) is 0 Å². The summed E-state index contributed by atoms with van der Waals surface area (Å²) < 4.78 is 5.09. The van der Waals surface area contributed by atoms with E-state index >= 15 is 0 Å². The Balaban J connectivity index is 2.02. The number of benzene rings is 2. The molecule has 0 spiro atoms. The molecule has 0 saturated carbocycles. The first-order valence-corrected chi connectivity index (χ1v) is 6.54. The molecular formula is C16H18N2O3. The molecule has 5 heteroatoms. The lowest BCUT2D eigenvalue weighted by molar-refractivity contribution is 0.0950. The Bertz CT molecular complexity index is 624. The predicted molar refractivity (Wildman–Crippen MR) is 80.9 cm³/mol. The molecular weight excluding hydrogens is 268 g/mol. The van der Waals surface area contributed by atoms with Crippen molar-refractivity contribution < 1.29 is 14.6 Å². The van der Waals surface area contributed by atoms with Crippen LogP contribution in [-0.2, 0) is 13.2 Å². The van der Waals surface area contributed by atoms with E-state index in [0.29, 0.717) is 23.5 Å². The Morgan fingerprint density at radius 2 is 1.86 bits per heavy atom. The van der Waals surface area contributed by atoms with Crippen LogP contribution in [0.5, 0.6) is 5.75 Å². The predicted octanol–water partition coefficient (Wildman–Crippen LogP) is 1.70. The van der Waals surface area contributed by atoms with Gasteiger partial charge in [0.2, 0.25) is 0 Å². The fourth-order valence-corrected chi connectivity index (χ4v) is 1.92. The van der Waals surface area contributed by atoms with Crippen LogP contribution in [0.3, 0.4) is 0 Å². The highest BCUT2D eigenvalue weighted by atomic mass is 16.5. The topological polar surface area (TPSA) is 84.6 Å². The number of carbonyl (C=O) groups excluding carboxylic acids is 1. The standard InChI is InChI=1S/C16H18N2O3/c1-21-15-7-13(6-14(17)8-15)16(20)18-9-11-2-4-12(10-19)5-3-11/h2-8,19H,9-10,17H2,1H3,(H,18,20). The number of nitrogen functional groups attached to an aromatic ring is 1. The number of aliphatic hydroxyl groups is 1. The van der Waals surface area contributed by atoms with Crippen molar-refractivity contribution >= 4 is 11.6 Å². The maximum atomic E-state index is 12.1. The lowest BCUT2D eigenvalue weighted by Gasteiger charge is -2.08. The molecule has 0 aliphatic carbocycles. The van der Waals surface area contributed by atoms with Crippen molar-refractivity contribution in [3.05, 3.63) is 59.2 Å². The highest BCUT2D eigenvalue weighted by Crippen LogP contribution is 2.18. The minimum Gasteiger partial charge on any atom is -0.497 e.